The zero-order chi connectivity index (χ0) is 12.8. The summed E-state index contributed by atoms with van der Waals surface area (Å²) in [4.78, 5) is 11.1. The first kappa shape index (κ1) is 12.2. The van der Waals surface area contributed by atoms with Crippen molar-refractivity contribution in [2.24, 2.45) is 0 Å². The van der Waals surface area contributed by atoms with Gasteiger partial charge in [0, 0.05) is 11.4 Å². The second kappa shape index (κ2) is 5.87. The average molecular weight is 241 g/mol. The molecule has 0 saturated carbocycles. The highest BCUT2D eigenvalue weighted by Gasteiger charge is 2.02. The zero-order valence-corrected chi connectivity index (χ0v) is 10.2. The zero-order valence-electron chi connectivity index (χ0n) is 10.2. The SMILES string of the molecule is COC(=O)Cc1ccc(Nc2ccccc2)cc1. The number of esters is 1. The van der Waals surface area contributed by atoms with E-state index in [9.17, 15) is 4.79 Å². The van der Waals surface area contributed by atoms with Gasteiger partial charge in [0.2, 0.25) is 0 Å². The van der Waals surface area contributed by atoms with Gasteiger partial charge >= 0.3 is 5.97 Å². The quantitative estimate of drug-likeness (QED) is 0.836. The highest BCUT2D eigenvalue weighted by atomic mass is 16.5. The second-order valence-electron chi connectivity index (χ2n) is 3.94. The van der Waals surface area contributed by atoms with Crippen LogP contribution < -0.4 is 5.32 Å². The largest absolute Gasteiger partial charge is 0.469 e. The summed E-state index contributed by atoms with van der Waals surface area (Å²) in [6.45, 7) is 0. The number of nitrogens with one attached hydrogen (secondary N) is 1. The van der Waals surface area contributed by atoms with Gasteiger partial charge in [-0.2, -0.15) is 0 Å². The molecule has 92 valence electrons. The molecule has 0 unspecified atom stereocenters. The minimum atomic E-state index is -0.223. The van der Waals surface area contributed by atoms with Gasteiger partial charge in [-0.3, -0.25) is 4.79 Å². The summed E-state index contributed by atoms with van der Waals surface area (Å²) < 4.78 is 4.63. The molecule has 0 saturated heterocycles. The number of hydrogen-bond donors (Lipinski definition) is 1. The summed E-state index contributed by atoms with van der Waals surface area (Å²) in [7, 11) is 1.40. The third kappa shape index (κ3) is 3.35. The van der Waals surface area contributed by atoms with Crippen LogP contribution in [0, 0.1) is 0 Å². The molecule has 0 heterocycles. The van der Waals surface area contributed by atoms with Crippen molar-refractivity contribution in [2.45, 2.75) is 6.42 Å². The van der Waals surface area contributed by atoms with Crippen LogP contribution in [0.4, 0.5) is 11.4 Å². The van der Waals surface area contributed by atoms with Crippen molar-refractivity contribution in [3.05, 3.63) is 60.2 Å². The fourth-order valence-electron chi connectivity index (χ4n) is 1.63. The van der Waals surface area contributed by atoms with Crippen LogP contribution in [0.15, 0.2) is 54.6 Å². The Morgan fingerprint density at radius 2 is 1.61 bits per heavy atom. The molecule has 18 heavy (non-hydrogen) atoms. The van der Waals surface area contributed by atoms with Crippen LogP contribution >= 0.6 is 0 Å². The van der Waals surface area contributed by atoms with E-state index in [-0.39, 0.29) is 5.97 Å². The highest BCUT2D eigenvalue weighted by molar-refractivity contribution is 5.72. The molecular weight excluding hydrogens is 226 g/mol. The maximum atomic E-state index is 11.1. The van der Waals surface area contributed by atoms with Gasteiger partial charge in [-0.25, -0.2) is 0 Å². The lowest BCUT2D eigenvalue weighted by molar-refractivity contribution is -0.139. The number of ether oxygens (including phenoxy) is 1. The molecule has 0 radical (unpaired) electrons. The molecule has 0 aliphatic heterocycles. The molecule has 0 aliphatic rings. The predicted molar refractivity (Wildman–Crippen MR) is 71.9 cm³/mol. The van der Waals surface area contributed by atoms with Crippen molar-refractivity contribution in [1.82, 2.24) is 0 Å². The van der Waals surface area contributed by atoms with Gasteiger partial charge in [0.1, 0.15) is 0 Å². The van der Waals surface area contributed by atoms with Gasteiger partial charge in [-0.15, -0.1) is 0 Å². The van der Waals surface area contributed by atoms with Crippen LogP contribution in [0.2, 0.25) is 0 Å². The normalized spacial score (nSPS) is 9.83. The van der Waals surface area contributed by atoms with E-state index >= 15 is 0 Å². The molecule has 2 aromatic rings. The summed E-state index contributed by atoms with van der Waals surface area (Å²) in [6, 6.07) is 17.7. The molecule has 0 spiro atoms. The predicted octanol–water partition coefficient (Wildman–Crippen LogP) is 3.15. The Morgan fingerprint density at radius 1 is 1.00 bits per heavy atom. The van der Waals surface area contributed by atoms with Crippen molar-refractivity contribution in [2.75, 3.05) is 12.4 Å². The van der Waals surface area contributed by atoms with Gasteiger partial charge < -0.3 is 10.1 Å². The molecule has 0 aromatic heterocycles. The molecule has 2 aromatic carbocycles. The van der Waals surface area contributed by atoms with Gasteiger partial charge in [0.15, 0.2) is 0 Å². The second-order valence-corrected chi connectivity index (χ2v) is 3.94. The van der Waals surface area contributed by atoms with Crippen LogP contribution in [0.25, 0.3) is 0 Å². The van der Waals surface area contributed by atoms with E-state index in [1.54, 1.807) is 0 Å². The summed E-state index contributed by atoms with van der Waals surface area (Å²) in [6.07, 6.45) is 0.308. The van der Waals surface area contributed by atoms with Crippen LogP contribution in [0.5, 0.6) is 0 Å². The summed E-state index contributed by atoms with van der Waals surface area (Å²) >= 11 is 0. The number of anilines is 2. The summed E-state index contributed by atoms with van der Waals surface area (Å²) in [5, 5.41) is 3.28. The Morgan fingerprint density at radius 3 is 2.22 bits per heavy atom. The first-order chi connectivity index (χ1) is 8.78. The first-order valence-electron chi connectivity index (χ1n) is 5.76. The number of para-hydroxylation sites is 1. The Bertz CT molecular complexity index is 506. The minimum Gasteiger partial charge on any atom is -0.469 e. The maximum absolute atomic E-state index is 11.1. The fourth-order valence-corrected chi connectivity index (χ4v) is 1.63. The Balaban J connectivity index is 2.02. The van der Waals surface area contributed by atoms with Crippen molar-refractivity contribution < 1.29 is 9.53 Å². The van der Waals surface area contributed by atoms with E-state index in [2.05, 4.69) is 10.1 Å². The lowest BCUT2D eigenvalue weighted by Crippen LogP contribution is -2.04. The monoisotopic (exact) mass is 241 g/mol. The molecule has 0 atom stereocenters. The Hall–Kier alpha value is -2.29. The van der Waals surface area contributed by atoms with E-state index < -0.39 is 0 Å². The number of hydrogen-bond acceptors (Lipinski definition) is 3. The smallest absolute Gasteiger partial charge is 0.309 e. The third-order valence-corrected chi connectivity index (χ3v) is 2.59. The Kier molecular flexibility index (Phi) is 3.97. The molecule has 0 aliphatic carbocycles. The molecule has 3 nitrogen and oxygen atoms in total. The number of methoxy groups -OCH3 is 1. The van der Waals surface area contributed by atoms with Gasteiger partial charge in [0.05, 0.1) is 13.5 Å². The van der Waals surface area contributed by atoms with Crippen molar-refractivity contribution >= 4 is 17.3 Å². The molecule has 3 heteroatoms. The van der Waals surface area contributed by atoms with Crippen LogP contribution in [0.3, 0.4) is 0 Å². The van der Waals surface area contributed by atoms with Gasteiger partial charge in [-0.1, -0.05) is 30.3 Å². The van der Waals surface area contributed by atoms with Gasteiger partial charge in [0.25, 0.3) is 0 Å². The number of benzene rings is 2. The van der Waals surface area contributed by atoms with Crippen LogP contribution in [0.1, 0.15) is 5.56 Å². The maximum Gasteiger partial charge on any atom is 0.309 e. The van der Waals surface area contributed by atoms with E-state index in [0.29, 0.717) is 6.42 Å². The molecular formula is C15H15NO2. The highest BCUT2D eigenvalue weighted by Crippen LogP contribution is 2.16. The van der Waals surface area contributed by atoms with E-state index in [1.165, 1.54) is 7.11 Å². The van der Waals surface area contributed by atoms with Crippen molar-refractivity contribution in [1.29, 1.82) is 0 Å². The van der Waals surface area contributed by atoms with Crippen molar-refractivity contribution in [3.8, 4) is 0 Å². The van der Waals surface area contributed by atoms with E-state index in [1.807, 2.05) is 54.6 Å². The lowest BCUT2D eigenvalue weighted by Gasteiger charge is -2.07. The molecule has 0 amide bonds. The first-order valence-corrected chi connectivity index (χ1v) is 5.76. The summed E-state index contributed by atoms with van der Waals surface area (Å²) in [5.74, 6) is -0.223. The number of carbonyl (C=O) groups is 1. The summed E-state index contributed by atoms with van der Waals surface area (Å²) in [5.41, 5.74) is 2.98. The number of carbonyl (C=O) groups excluding carboxylic acids is 1. The molecule has 0 fully saturated rings. The van der Waals surface area contributed by atoms with Gasteiger partial charge in [-0.05, 0) is 29.8 Å². The average Bonchev–Trinajstić information content (AvgIpc) is 2.42. The molecule has 1 N–H and O–H groups in total. The van der Waals surface area contributed by atoms with E-state index in [0.717, 1.165) is 16.9 Å². The standard InChI is InChI=1S/C15H15NO2/c1-18-15(17)11-12-7-9-14(10-8-12)16-13-5-3-2-4-6-13/h2-10,16H,11H2,1H3. The van der Waals surface area contributed by atoms with Crippen LogP contribution in [-0.4, -0.2) is 13.1 Å². The van der Waals surface area contributed by atoms with Crippen molar-refractivity contribution in [3.63, 3.8) is 0 Å². The Labute approximate surface area is 106 Å². The number of rotatable bonds is 4. The van der Waals surface area contributed by atoms with E-state index in [4.69, 9.17) is 0 Å². The fraction of sp³-hybridized carbons (Fsp3) is 0.133. The minimum absolute atomic E-state index is 0.223. The third-order valence-electron chi connectivity index (χ3n) is 2.59. The lowest BCUT2D eigenvalue weighted by atomic mass is 10.1. The molecule has 0 bridgehead atoms. The topological polar surface area (TPSA) is 38.3 Å². The van der Waals surface area contributed by atoms with Crippen LogP contribution in [-0.2, 0) is 16.0 Å². The molecule has 2 rings (SSSR count).